The van der Waals surface area contributed by atoms with Gasteiger partial charge in [0.1, 0.15) is 16.3 Å². The van der Waals surface area contributed by atoms with Crippen molar-refractivity contribution in [2.75, 3.05) is 13.1 Å². The van der Waals surface area contributed by atoms with Crippen LogP contribution in [0.15, 0.2) is 41.4 Å². The van der Waals surface area contributed by atoms with E-state index in [-0.39, 0.29) is 54.5 Å². The van der Waals surface area contributed by atoms with Crippen LogP contribution in [0.25, 0.3) is 0 Å². The zero-order valence-corrected chi connectivity index (χ0v) is 18.4. The van der Waals surface area contributed by atoms with Crippen LogP contribution in [0.5, 0.6) is 5.75 Å². The van der Waals surface area contributed by atoms with Gasteiger partial charge in [0.25, 0.3) is 5.91 Å². The van der Waals surface area contributed by atoms with Crippen LogP contribution in [0.3, 0.4) is 0 Å². The lowest BCUT2D eigenvalue weighted by Gasteiger charge is -2.30. The van der Waals surface area contributed by atoms with Gasteiger partial charge in [0, 0.05) is 44.4 Å². The third-order valence-electron chi connectivity index (χ3n) is 5.35. The smallest absolute Gasteiger partial charge is 0.405 e. The molecule has 9 nitrogen and oxygen atoms in total. The van der Waals surface area contributed by atoms with E-state index in [1.165, 1.54) is 46.4 Å². The summed E-state index contributed by atoms with van der Waals surface area (Å²) in [7, 11) is -2.37. The quantitative estimate of drug-likeness (QED) is 0.615. The van der Waals surface area contributed by atoms with Gasteiger partial charge in [-0.2, -0.15) is 4.31 Å². The Morgan fingerprint density at radius 3 is 2.42 bits per heavy atom. The lowest BCUT2D eigenvalue weighted by atomic mass is 9.97. The normalized spacial score (nSPS) is 15.9. The maximum absolute atomic E-state index is 12.9. The Hall–Kier alpha value is -3.06. The molecule has 0 bridgehead atoms. The molecule has 2 aromatic rings. The molecular formula is C20H23F3N4O5S. The molecule has 1 aromatic heterocycles. The van der Waals surface area contributed by atoms with E-state index < -0.39 is 34.0 Å². The molecule has 13 heteroatoms. The summed E-state index contributed by atoms with van der Waals surface area (Å²) in [6.45, 7) is -0.00646. The average molecular weight is 488 g/mol. The molecule has 0 unspecified atom stereocenters. The molecule has 0 aliphatic carbocycles. The Labute approximate surface area is 188 Å². The van der Waals surface area contributed by atoms with Gasteiger partial charge in [0.2, 0.25) is 15.9 Å². The summed E-state index contributed by atoms with van der Waals surface area (Å²) in [5.74, 6) is -2.03. The Morgan fingerprint density at radius 1 is 1.21 bits per heavy atom. The van der Waals surface area contributed by atoms with Crippen LogP contribution in [0.2, 0.25) is 0 Å². The molecule has 33 heavy (non-hydrogen) atoms. The minimum atomic E-state index is -4.85. The Kier molecular flexibility index (Phi) is 7.03. The van der Waals surface area contributed by atoms with E-state index in [4.69, 9.17) is 5.73 Å². The van der Waals surface area contributed by atoms with Gasteiger partial charge in [-0.3, -0.25) is 9.59 Å². The number of carbonyl (C=O) groups excluding carboxylic acids is 2. The molecule has 2 amide bonds. The van der Waals surface area contributed by atoms with Gasteiger partial charge in [-0.25, -0.2) is 8.42 Å². The Bertz CT molecular complexity index is 1140. The van der Waals surface area contributed by atoms with Crippen LogP contribution in [0, 0.1) is 5.92 Å². The lowest BCUT2D eigenvalue weighted by Crippen LogP contribution is -2.42. The Balaban J connectivity index is 1.59. The maximum Gasteiger partial charge on any atom is 0.573 e. The van der Waals surface area contributed by atoms with Crippen LogP contribution in [0.4, 0.5) is 13.2 Å². The van der Waals surface area contributed by atoms with E-state index in [2.05, 4.69) is 10.1 Å². The SMILES string of the molecule is Cn1cc(S(=O)(=O)N2CCC(C(=O)NCc3ccccc3OC(F)(F)F)CC2)cc1C(N)=O. The van der Waals surface area contributed by atoms with E-state index in [9.17, 15) is 31.2 Å². The molecule has 1 saturated heterocycles. The summed E-state index contributed by atoms with van der Waals surface area (Å²) in [6.07, 6.45) is -3.08. The summed E-state index contributed by atoms with van der Waals surface area (Å²) >= 11 is 0. The van der Waals surface area contributed by atoms with E-state index in [0.29, 0.717) is 0 Å². The number of hydrogen-bond acceptors (Lipinski definition) is 5. The number of aromatic nitrogens is 1. The van der Waals surface area contributed by atoms with E-state index in [1.54, 1.807) is 0 Å². The fraction of sp³-hybridized carbons (Fsp3) is 0.400. The number of halogens is 3. The number of rotatable bonds is 7. The van der Waals surface area contributed by atoms with Crippen LogP contribution in [-0.4, -0.2) is 48.6 Å². The molecular weight excluding hydrogens is 465 g/mol. The predicted molar refractivity (Wildman–Crippen MR) is 110 cm³/mol. The van der Waals surface area contributed by atoms with Crippen LogP contribution >= 0.6 is 0 Å². The highest BCUT2D eigenvalue weighted by molar-refractivity contribution is 7.89. The van der Waals surface area contributed by atoms with Crippen LogP contribution in [0.1, 0.15) is 28.9 Å². The van der Waals surface area contributed by atoms with Crippen molar-refractivity contribution in [1.82, 2.24) is 14.2 Å². The van der Waals surface area contributed by atoms with Gasteiger partial charge >= 0.3 is 6.36 Å². The first-order chi connectivity index (χ1) is 15.4. The first-order valence-corrected chi connectivity index (χ1v) is 11.4. The monoisotopic (exact) mass is 488 g/mol. The molecule has 3 rings (SSSR count). The van der Waals surface area contributed by atoms with Gasteiger partial charge in [-0.15, -0.1) is 13.2 Å². The van der Waals surface area contributed by atoms with Gasteiger partial charge in [-0.05, 0) is 25.0 Å². The van der Waals surface area contributed by atoms with Crippen molar-refractivity contribution in [3.05, 3.63) is 47.8 Å². The summed E-state index contributed by atoms with van der Waals surface area (Å²) < 4.78 is 69.9. The standard InChI is InChI=1S/C20H23F3N4O5S/c1-26-12-15(10-16(26)18(24)28)33(30,31)27-8-6-13(7-9-27)19(29)25-11-14-4-2-3-5-17(14)32-20(21,22)23/h2-5,10,12-13H,6-9,11H2,1H3,(H2,24,28)(H,25,29). The number of alkyl halides is 3. The highest BCUT2D eigenvalue weighted by Crippen LogP contribution is 2.27. The van der Waals surface area contributed by atoms with E-state index in [0.717, 1.165) is 6.07 Å². The minimum absolute atomic E-state index is 0.0534. The third-order valence-corrected chi connectivity index (χ3v) is 7.21. The summed E-state index contributed by atoms with van der Waals surface area (Å²) in [5, 5.41) is 2.59. The molecule has 0 spiro atoms. The number of nitrogens with zero attached hydrogens (tertiary/aromatic N) is 2. The molecule has 2 heterocycles. The zero-order valence-electron chi connectivity index (χ0n) is 17.6. The van der Waals surface area contributed by atoms with E-state index >= 15 is 0 Å². The molecule has 1 aromatic carbocycles. The minimum Gasteiger partial charge on any atom is -0.405 e. The maximum atomic E-state index is 12.9. The van der Waals surface area contributed by atoms with Crippen LogP contribution in [-0.2, 0) is 28.4 Å². The summed E-state index contributed by atoms with van der Waals surface area (Å²) in [4.78, 5) is 23.8. The zero-order chi connectivity index (χ0) is 24.4. The number of primary amides is 1. The van der Waals surface area contributed by atoms with E-state index in [1.807, 2.05) is 0 Å². The molecule has 180 valence electrons. The Morgan fingerprint density at radius 2 is 1.85 bits per heavy atom. The third kappa shape index (κ3) is 5.85. The molecule has 1 aliphatic heterocycles. The second kappa shape index (κ2) is 9.43. The molecule has 1 fully saturated rings. The highest BCUT2D eigenvalue weighted by Gasteiger charge is 2.34. The number of nitrogens with one attached hydrogen (secondary N) is 1. The molecule has 1 aliphatic rings. The number of aryl methyl sites for hydroxylation is 1. The lowest BCUT2D eigenvalue weighted by molar-refractivity contribution is -0.274. The predicted octanol–water partition coefficient (Wildman–Crippen LogP) is 1.74. The number of para-hydroxylation sites is 1. The van der Waals surface area contributed by atoms with Crippen molar-refractivity contribution in [3.8, 4) is 5.75 Å². The summed E-state index contributed by atoms with van der Waals surface area (Å²) in [5.41, 5.74) is 5.45. The summed E-state index contributed by atoms with van der Waals surface area (Å²) in [6, 6.07) is 6.70. The van der Waals surface area contributed by atoms with Crippen molar-refractivity contribution in [2.24, 2.45) is 18.7 Å². The number of sulfonamides is 1. The fourth-order valence-corrected chi connectivity index (χ4v) is 5.17. The number of nitrogens with two attached hydrogens (primary N) is 1. The molecule has 0 atom stereocenters. The van der Waals surface area contributed by atoms with Crippen molar-refractivity contribution in [2.45, 2.75) is 30.6 Å². The van der Waals surface area contributed by atoms with Crippen molar-refractivity contribution in [1.29, 1.82) is 0 Å². The molecule has 3 N–H and O–H groups in total. The first kappa shape index (κ1) is 24.6. The van der Waals surface area contributed by atoms with Gasteiger partial charge in [0.15, 0.2) is 0 Å². The number of amides is 2. The second-order valence-electron chi connectivity index (χ2n) is 7.59. The number of ether oxygens (including phenoxy) is 1. The number of benzene rings is 1. The van der Waals surface area contributed by atoms with Gasteiger partial charge in [-0.1, -0.05) is 18.2 Å². The first-order valence-electron chi connectivity index (χ1n) is 9.96. The van der Waals surface area contributed by atoms with Crippen LogP contribution < -0.4 is 15.8 Å². The molecule has 0 saturated carbocycles. The number of hydrogen-bond donors (Lipinski definition) is 2. The topological polar surface area (TPSA) is 124 Å². The van der Waals surface area contributed by atoms with Crippen molar-refractivity contribution >= 4 is 21.8 Å². The van der Waals surface area contributed by atoms with Gasteiger partial charge < -0.3 is 20.4 Å². The van der Waals surface area contributed by atoms with Crippen molar-refractivity contribution in [3.63, 3.8) is 0 Å². The second-order valence-corrected chi connectivity index (χ2v) is 9.53. The fourth-order valence-electron chi connectivity index (χ4n) is 3.63. The average Bonchev–Trinajstić information content (AvgIpc) is 3.15. The largest absolute Gasteiger partial charge is 0.573 e. The van der Waals surface area contributed by atoms with Crippen molar-refractivity contribution < 1.29 is 35.9 Å². The van der Waals surface area contributed by atoms with Gasteiger partial charge in [0.05, 0.1) is 0 Å². The number of piperidine rings is 1. The number of carbonyl (C=O) groups is 2. The highest BCUT2D eigenvalue weighted by atomic mass is 32.2. The molecule has 0 radical (unpaired) electrons.